The first kappa shape index (κ1) is 17.2. The average Bonchev–Trinajstić information content (AvgIpc) is 2.97. The number of benzene rings is 1. The van der Waals surface area contributed by atoms with Crippen LogP contribution in [0.15, 0.2) is 18.2 Å². The lowest BCUT2D eigenvalue weighted by atomic mass is 9.87. The molecule has 0 amide bonds. The normalized spacial score (nSPS) is 31.6. The maximum atomic E-state index is 5.07. The Morgan fingerprint density at radius 1 is 1.24 bits per heavy atom. The number of rotatable bonds is 2. The van der Waals surface area contributed by atoms with E-state index in [1.165, 1.54) is 53.1 Å². The molecule has 2 aliphatic heterocycles. The molecule has 4 atom stereocenters. The monoisotopic (exact) mass is 356 g/mol. The standard InChI is InChI=1S/C21H30N3S/c1-14-5-7-19(24(4)12-14)16-6-8-20-18(11-16)22-21(25-20)17-9-10-23(3)13-15(17)2/h6,8,11,14-15,17,19H,4-5,7,9-10,12-13H2,1-3H3/q+1/t14-,15+,17-,19+/m0/s1. The molecule has 0 saturated carbocycles. The van der Waals surface area contributed by atoms with Crippen LogP contribution in [0.2, 0.25) is 0 Å². The van der Waals surface area contributed by atoms with Crippen LogP contribution in [0.25, 0.3) is 10.2 Å². The number of piperidine rings is 2. The first-order chi connectivity index (χ1) is 12.0. The number of likely N-dealkylation sites (tertiary alicyclic amines) is 1. The third-order valence-electron chi connectivity index (χ3n) is 6.16. The summed E-state index contributed by atoms with van der Waals surface area (Å²) in [5.41, 5.74) is 2.58. The van der Waals surface area contributed by atoms with Gasteiger partial charge in [-0.3, -0.25) is 0 Å². The number of fused-ring (bicyclic) bond motifs is 1. The van der Waals surface area contributed by atoms with Gasteiger partial charge in [0.15, 0.2) is 6.04 Å². The summed E-state index contributed by atoms with van der Waals surface area (Å²) in [5, 5.41) is 1.34. The second-order valence-electron chi connectivity index (χ2n) is 8.38. The van der Waals surface area contributed by atoms with E-state index in [1.54, 1.807) is 0 Å². The summed E-state index contributed by atoms with van der Waals surface area (Å²) in [4.78, 5) is 7.51. The molecule has 2 fully saturated rings. The zero-order chi connectivity index (χ0) is 17.6. The van der Waals surface area contributed by atoms with Crippen LogP contribution in [0.3, 0.4) is 0 Å². The van der Waals surface area contributed by atoms with Gasteiger partial charge in [0, 0.05) is 30.4 Å². The fourth-order valence-corrected chi connectivity index (χ4v) is 5.89. The number of hydrogen-bond acceptors (Lipinski definition) is 3. The molecule has 0 radical (unpaired) electrons. The zero-order valence-corrected chi connectivity index (χ0v) is 16.6. The molecular weight excluding hydrogens is 326 g/mol. The largest absolute Gasteiger partial charge is 0.306 e. The van der Waals surface area contributed by atoms with E-state index in [1.807, 2.05) is 11.3 Å². The Labute approximate surface area is 155 Å². The van der Waals surface area contributed by atoms with Crippen LogP contribution in [0.5, 0.6) is 0 Å². The summed E-state index contributed by atoms with van der Waals surface area (Å²) >= 11 is 1.91. The third kappa shape index (κ3) is 3.39. The van der Waals surface area contributed by atoms with Crippen LogP contribution >= 0.6 is 11.3 Å². The van der Waals surface area contributed by atoms with Gasteiger partial charge in [0.2, 0.25) is 0 Å². The van der Waals surface area contributed by atoms with Crippen molar-refractivity contribution in [3.05, 3.63) is 28.8 Å². The number of thiazole rings is 1. The van der Waals surface area contributed by atoms with Gasteiger partial charge in [0.05, 0.1) is 15.2 Å². The van der Waals surface area contributed by atoms with E-state index < -0.39 is 0 Å². The van der Waals surface area contributed by atoms with Crippen LogP contribution in [0.1, 0.15) is 55.6 Å². The molecule has 0 aliphatic carbocycles. The van der Waals surface area contributed by atoms with E-state index in [9.17, 15) is 0 Å². The molecule has 4 rings (SSSR count). The molecule has 0 spiro atoms. The molecule has 4 heteroatoms. The van der Waals surface area contributed by atoms with E-state index in [0.29, 0.717) is 17.9 Å². The Morgan fingerprint density at radius 3 is 2.84 bits per heavy atom. The van der Waals surface area contributed by atoms with Crippen molar-refractivity contribution < 1.29 is 4.58 Å². The van der Waals surface area contributed by atoms with Gasteiger partial charge >= 0.3 is 0 Å². The second kappa shape index (κ2) is 6.81. The van der Waals surface area contributed by atoms with Crippen LogP contribution < -0.4 is 0 Å². The molecule has 134 valence electrons. The third-order valence-corrected chi connectivity index (χ3v) is 7.33. The van der Waals surface area contributed by atoms with E-state index >= 15 is 0 Å². The first-order valence-electron chi connectivity index (χ1n) is 9.67. The predicted molar refractivity (Wildman–Crippen MR) is 107 cm³/mol. The predicted octanol–water partition coefficient (Wildman–Crippen LogP) is 4.54. The Balaban J connectivity index is 1.60. The topological polar surface area (TPSA) is 19.1 Å². The molecule has 2 aromatic rings. The molecule has 25 heavy (non-hydrogen) atoms. The van der Waals surface area contributed by atoms with Crippen molar-refractivity contribution in [1.82, 2.24) is 9.88 Å². The maximum absolute atomic E-state index is 5.07. The van der Waals surface area contributed by atoms with Crippen molar-refractivity contribution in [2.75, 3.05) is 26.7 Å². The van der Waals surface area contributed by atoms with E-state index in [4.69, 9.17) is 4.98 Å². The minimum absolute atomic E-state index is 0.452. The van der Waals surface area contributed by atoms with Crippen molar-refractivity contribution >= 4 is 28.3 Å². The van der Waals surface area contributed by atoms with Gasteiger partial charge in [-0.2, -0.15) is 0 Å². The summed E-state index contributed by atoms with van der Waals surface area (Å²) in [6, 6.07) is 7.37. The summed E-state index contributed by atoms with van der Waals surface area (Å²) in [5.74, 6) is 2.07. The summed E-state index contributed by atoms with van der Waals surface area (Å²) < 4.78 is 3.62. The highest BCUT2D eigenvalue weighted by atomic mass is 32.1. The number of nitrogens with zero attached hydrogens (tertiary/aromatic N) is 3. The van der Waals surface area contributed by atoms with Crippen molar-refractivity contribution in [2.24, 2.45) is 11.8 Å². The fourth-order valence-electron chi connectivity index (χ4n) is 4.67. The van der Waals surface area contributed by atoms with Crippen molar-refractivity contribution in [3.63, 3.8) is 0 Å². The van der Waals surface area contributed by atoms with E-state index in [-0.39, 0.29) is 0 Å². The highest BCUT2D eigenvalue weighted by molar-refractivity contribution is 7.18. The molecule has 0 N–H and O–H groups in total. The van der Waals surface area contributed by atoms with Crippen molar-refractivity contribution in [1.29, 1.82) is 0 Å². The highest BCUT2D eigenvalue weighted by Crippen LogP contribution is 2.38. The maximum Gasteiger partial charge on any atom is 0.177 e. The van der Waals surface area contributed by atoms with Gasteiger partial charge in [-0.05, 0) is 44.5 Å². The fraction of sp³-hybridized carbons (Fsp3) is 0.619. The SMILES string of the molecule is C=[N+]1C[C@@H](C)CC[C@@H]1c1ccc2sc([C@H]3CCN(C)C[C@H]3C)nc2c1. The van der Waals surface area contributed by atoms with Gasteiger partial charge in [0.1, 0.15) is 13.3 Å². The molecule has 3 heterocycles. The summed E-state index contributed by atoms with van der Waals surface area (Å²) in [6.45, 7) is 12.5. The van der Waals surface area contributed by atoms with Gasteiger partial charge in [-0.25, -0.2) is 9.56 Å². The molecular formula is C21H30N3S+. The Bertz CT molecular complexity index is 781. The minimum atomic E-state index is 0.452. The van der Waals surface area contributed by atoms with Crippen LogP contribution in [-0.4, -0.2) is 47.9 Å². The summed E-state index contributed by atoms with van der Waals surface area (Å²) in [7, 11) is 2.23. The van der Waals surface area contributed by atoms with E-state index in [0.717, 1.165) is 12.5 Å². The van der Waals surface area contributed by atoms with Gasteiger partial charge in [-0.15, -0.1) is 11.3 Å². The Hall–Kier alpha value is -1.26. The average molecular weight is 357 g/mol. The van der Waals surface area contributed by atoms with Crippen LogP contribution in [0, 0.1) is 11.8 Å². The van der Waals surface area contributed by atoms with Gasteiger partial charge in [-0.1, -0.05) is 19.9 Å². The smallest absolute Gasteiger partial charge is 0.177 e. The molecule has 3 nitrogen and oxygen atoms in total. The highest BCUT2D eigenvalue weighted by Gasteiger charge is 2.30. The van der Waals surface area contributed by atoms with Gasteiger partial charge < -0.3 is 4.90 Å². The lowest BCUT2D eigenvalue weighted by molar-refractivity contribution is -0.582. The second-order valence-corrected chi connectivity index (χ2v) is 9.45. The quantitative estimate of drug-likeness (QED) is 0.736. The summed E-state index contributed by atoms with van der Waals surface area (Å²) in [6.07, 6.45) is 3.74. The lowest BCUT2D eigenvalue weighted by Gasteiger charge is -2.33. The van der Waals surface area contributed by atoms with Crippen molar-refractivity contribution in [3.8, 4) is 0 Å². The molecule has 0 unspecified atom stereocenters. The first-order valence-corrected chi connectivity index (χ1v) is 10.5. The van der Waals surface area contributed by atoms with E-state index in [2.05, 4.69) is 55.3 Å². The minimum Gasteiger partial charge on any atom is -0.306 e. The number of hydrogen-bond donors (Lipinski definition) is 0. The molecule has 1 aromatic carbocycles. The van der Waals surface area contributed by atoms with Gasteiger partial charge in [0.25, 0.3) is 0 Å². The molecule has 2 saturated heterocycles. The Kier molecular flexibility index (Phi) is 4.67. The molecule has 0 bridgehead atoms. The van der Waals surface area contributed by atoms with Crippen LogP contribution in [0.4, 0.5) is 0 Å². The molecule has 1 aromatic heterocycles. The Morgan fingerprint density at radius 2 is 2.08 bits per heavy atom. The lowest BCUT2D eigenvalue weighted by Crippen LogP contribution is -2.35. The van der Waals surface area contributed by atoms with Crippen molar-refractivity contribution in [2.45, 2.75) is 45.1 Å². The molecule has 2 aliphatic rings. The van der Waals surface area contributed by atoms with Crippen LogP contribution in [-0.2, 0) is 0 Å². The number of aromatic nitrogens is 1. The zero-order valence-electron chi connectivity index (χ0n) is 15.7.